The van der Waals surface area contributed by atoms with Gasteiger partial charge in [0.25, 0.3) is 5.91 Å². The maximum atomic E-state index is 11.4. The van der Waals surface area contributed by atoms with Crippen molar-refractivity contribution < 1.29 is 14.7 Å². The van der Waals surface area contributed by atoms with E-state index >= 15 is 0 Å². The molecule has 1 atom stereocenters. The molecule has 0 saturated carbocycles. The van der Waals surface area contributed by atoms with E-state index in [-0.39, 0.29) is 5.56 Å². The van der Waals surface area contributed by atoms with Gasteiger partial charge in [-0.1, -0.05) is 11.6 Å². The van der Waals surface area contributed by atoms with Gasteiger partial charge in [-0.15, -0.1) is 0 Å². The number of aliphatic carboxylic acids is 1. The van der Waals surface area contributed by atoms with Crippen LogP contribution in [0, 0.1) is 0 Å². The third-order valence-corrected chi connectivity index (χ3v) is 3.31. The number of halogens is 1. The predicted octanol–water partition coefficient (Wildman–Crippen LogP) is 1.49. The highest BCUT2D eigenvalue weighted by atomic mass is 35.5. The molecule has 18 heavy (non-hydrogen) atoms. The summed E-state index contributed by atoms with van der Waals surface area (Å²) < 4.78 is 0. The summed E-state index contributed by atoms with van der Waals surface area (Å²) in [7, 11) is 0. The Kier molecular flexibility index (Phi) is 3.43. The summed E-state index contributed by atoms with van der Waals surface area (Å²) in [6.45, 7) is 0.596. The highest BCUT2D eigenvalue weighted by Gasteiger charge is 2.32. The first-order valence-electron chi connectivity index (χ1n) is 5.59. The average molecular weight is 269 g/mol. The van der Waals surface area contributed by atoms with Gasteiger partial charge in [0, 0.05) is 11.6 Å². The molecule has 0 radical (unpaired) electrons. The molecule has 1 unspecified atom stereocenters. The number of carboxylic acids is 1. The van der Waals surface area contributed by atoms with Crippen molar-refractivity contribution in [2.24, 2.45) is 5.73 Å². The van der Waals surface area contributed by atoms with Crippen molar-refractivity contribution in [1.29, 1.82) is 0 Å². The van der Waals surface area contributed by atoms with Crippen LogP contribution in [0.4, 0.5) is 5.69 Å². The Balaban J connectivity index is 2.44. The molecule has 1 saturated heterocycles. The van der Waals surface area contributed by atoms with Crippen LogP contribution in [0.25, 0.3) is 0 Å². The lowest BCUT2D eigenvalue weighted by Crippen LogP contribution is -2.37. The largest absolute Gasteiger partial charge is 0.480 e. The molecule has 5 nitrogen and oxygen atoms in total. The molecule has 1 aromatic rings. The van der Waals surface area contributed by atoms with E-state index in [0.717, 1.165) is 6.42 Å². The molecule has 6 heteroatoms. The van der Waals surface area contributed by atoms with Crippen LogP contribution in [0.1, 0.15) is 23.2 Å². The summed E-state index contributed by atoms with van der Waals surface area (Å²) in [5.74, 6) is -1.50. The molecule has 3 N–H and O–H groups in total. The SMILES string of the molecule is NC(=O)c1cc(Cl)ccc1N1CCCC1C(=O)O. The maximum Gasteiger partial charge on any atom is 0.326 e. The number of hydrogen-bond donors (Lipinski definition) is 2. The average Bonchev–Trinajstić information content (AvgIpc) is 2.77. The van der Waals surface area contributed by atoms with Gasteiger partial charge in [-0.3, -0.25) is 4.79 Å². The van der Waals surface area contributed by atoms with Crippen LogP contribution in [-0.4, -0.2) is 29.6 Å². The minimum atomic E-state index is -0.891. The zero-order chi connectivity index (χ0) is 13.3. The van der Waals surface area contributed by atoms with Crippen LogP contribution in [0.15, 0.2) is 18.2 Å². The molecule has 1 aliphatic heterocycles. The molecule has 1 heterocycles. The zero-order valence-corrected chi connectivity index (χ0v) is 10.4. The number of primary amides is 1. The van der Waals surface area contributed by atoms with Crippen molar-refractivity contribution in [3.63, 3.8) is 0 Å². The van der Waals surface area contributed by atoms with Gasteiger partial charge < -0.3 is 15.7 Å². The van der Waals surface area contributed by atoms with E-state index in [0.29, 0.717) is 23.7 Å². The van der Waals surface area contributed by atoms with Gasteiger partial charge in [0.2, 0.25) is 0 Å². The number of carbonyl (C=O) groups is 2. The van der Waals surface area contributed by atoms with Crippen LogP contribution in [0.2, 0.25) is 5.02 Å². The molecule has 0 bridgehead atoms. The standard InChI is InChI=1S/C12H13ClN2O3/c13-7-3-4-9(8(6-7)11(14)16)15-5-1-2-10(15)12(17)18/h3-4,6,10H,1-2,5H2,(H2,14,16)(H,17,18). The Bertz CT molecular complexity index is 504. The number of carbonyl (C=O) groups excluding carboxylic acids is 1. The van der Waals surface area contributed by atoms with Crippen LogP contribution in [0.3, 0.4) is 0 Å². The van der Waals surface area contributed by atoms with Gasteiger partial charge in [-0.2, -0.15) is 0 Å². The van der Waals surface area contributed by atoms with Crippen LogP contribution in [-0.2, 0) is 4.79 Å². The number of benzene rings is 1. The highest BCUT2D eigenvalue weighted by molar-refractivity contribution is 6.31. The minimum absolute atomic E-state index is 0.260. The molecule has 1 fully saturated rings. The van der Waals surface area contributed by atoms with E-state index in [2.05, 4.69) is 0 Å². The summed E-state index contributed by atoms with van der Waals surface area (Å²) in [5.41, 5.74) is 6.10. The summed E-state index contributed by atoms with van der Waals surface area (Å²) in [6.07, 6.45) is 1.34. The number of rotatable bonds is 3. The molecule has 1 amide bonds. The number of nitrogens with two attached hydrogens (primary N) is 1. The third kappa shape index (κ3) is 2.26. The number of carboxylic acid groups (broad SMARTS) is 1. The lowest BCUT2D eigenvalue weighted by Gasteiger charge is -2.25. The monoisotopic (exact) mass is 268 g/mol. The second-order valence-electron chi connectivity index (χ2n) is 4.22. The molecule has 96 valence electrons. The first-order valence-corrected chi connectivity index (χ1v) is 5.97. The van der Waals surface area contributed by atoms with E-state index in [1.165, 1.54) is 6.07 Å². The summed E-state index contributed by atoms with van der Waals surface area (Å²) >= 11 is 5.82. The fraction of sp³-hybridized carbons (Fsp3) is 0.333. The van der Waals surface area contributed by atoms with Crippen molar-refractivity contribution in [3.8, 4) is 0 Å². The normalized spacial score (nSPS) is 18.9. The lowest BCUT2D eigenvalue weighted by molar-refractivity contribution is -0.138. The van der Waals surface area contributed by atoms with Gasteiger partial charge in [-0.25, -0.2) is 4.79 Å². The van der Waals surface area contributed by atoms with Gasteiger partial charge in [0.15, 0.2) is 0 Å². The fourth-order valence-electron chi connectivity index (χ4n) is 2.27. The Hall–Kier alpha value is -1.75. The van der Waals surface area contributed by atoms with E-state index in [1.54, 1.807) is 17.0 Å². The minimum Gasteiger partial charge on any atom is -0.480 e. The van der Waals surface area contributed by atoms with Crippen LogP contribution in [0.5, 0.6) is 0 Å². The molecular weight excluding hydrogens is 256 g/mol. The second kappa shape index (κ2) is 4.86. The zero-order valence-electron chi connectivity index (χ0n) is 9.60. The third-order valence-electron chi connectivity index (χ3n) is 3.07. The number of hydrogen-bond acceptors (Lipinski definition) is 3. The molecule has 2 rings (SSSR count). The van der Waals surface area contributed by atoms with Crippen molar-refractivity contribution in [1.82, 2.24) is 0 Å². The van der Waals surface area contributed by atoms with Crippen molar-refractivity contribution >= 4 is 29.2 Å². The quantitative estimate of drug-likeness (QED) is 0.870. The summed E-state index contributed by atoms with van der Waals surface area (Å²) in [4.78, 5) is 24.2. The lowest BCUT2D eigenvalue weighted by atomic mass is 10.1. The first kappa shape index (κ1) is 12.7. The van der Waals surface area contributed by atoms with E-state index in [9.17, 15) is 9.59 Å². The molecule has 0 spiro atoms. The van der Waals surface area contributed by atoms with Crippen molar-refractivity contribution in [3.05, 3.63) is 28.8 Å². The first-order chi connectivity index (χ1) is 8.50. The van der Waals surface area contributed by atoms with Gasteiger partial charge >= 0.3 is 5.97 Å². The Morgan fingerprint density at radius 3 is 2.78 bits per heavy atom. The van der Waals surface area contributed by atoms with E-state index in [1.807, 2.05) is 0 Å². The Labute approximate surface area is 109 Å². The van der Waals surface area contributed by atoms with Gasteiger partial charge in [0.1, 0.15) is 6.04 Å². The molecule has 1 aliphatic rings. The smallest absolute Gasteiger partial charge is 0.326 e. The van der Waals surface area contributed by atoms with Crippen LogP contribution >= 0.6 is 11.6 Å². The topological polar surface area (TPSA) is 83.6 Å². The van der Waals surface area contributed by atoms with Crippen molar-refractivity contribution in [2.75, 3.05) is 11.4 Å². The molecule has 0 aliphatic carbocycles. The van der Waals surface area contributed by atoms with Crippen molar-refractivity contribution in [2.45, 2.75) is 18.9 Å². The van der Waals surface area contributed by atoms with E-state index < -0.39 is 17.9 Å². The second-order valence-corrected chi connectivity index (χ2v) is 4.65. The van der Waals surface area contributed by atoms with Gasteiger partial charge in [-0.05, 0) is 31.0 Å². The number of amides is 1. The van der Waals surface area contributed by atoms with Gasteiger partial charge in [0.05, 0.1) is 11.3 Å². The molecular formula is C12H13ClN2O3. The molecule has 0 aromatic heterocycles. The molecule has 1 aromatic carbocycles. The number of nitrogens with zero attached hydrogens (tertiary/aromatic N) is 1. The summed E-state index contributed by atoms with van der Waals surface area (Å²) in [6, 6.07) is 4.13. The highest BCUT2D eigenvalue weighted by Crippen LogP contribution is 2.30. The Morgan fingerprint density at radius 1 is 1.44 bits per heavy atom. The maximum absolute atomic E-state index is 11.4. The number of anilines is 1. The summed E-state index contributed by atoms with van der Waals surface area (Å²) in [5, 5.41) is 9.55. The van der Waals surface area contributed by atoms with Crippen LogP contribution < -0.4 is 10.6 Å². The Morgan fingerprint density at radius 2 is 2.17 bits per heavy atom. The predicted molar refractivity (Wildman–Crippen MR) is 68.0 cm³/mol. The fourth-order valence-corrected chi connectivity index (χ4v) is 2.44. The van der Waals surface area contributed by atoms with E-state index in [4.69, 9.17) is 22.4 Å².